The van der Waals surface area contributed by atoms with E-state index in [0.717, 1.165) is 11.8 Å². The molecule has 0 saturated carbocycles. The quantitative estimate of drug-likeness (QED) is 0.478. The van der Waals surface area contributed by atoms with Gasteiger partial charge in [0.2, 0.25) is 5.75 Å². The lowest BCUT2D eigenvalue weighted by Gasteiger charge is -2.09. The molecule has 1 aromatic rings. The van der Waals surface area contributed by atoms with Crippen LogP contribution in [0, 0.1) is 0 Å². The Morgan fingerprint density at radius 2 is 2.35 bits per heavy atom. The normalized spacial score (nSPS) is 11.9. The zero-order valence-electron chi connectivity index (χ0n) is 9.85. The number of thioether (sulfide) groups is 1. The van der Waals surface area contributed by atoms with Crippen LogP contribution in [0.15, 0.2) is 16.1 Å². The number of carbonyl (C=O) groups is 1. The Bertz CT molecular complexity index is 446. The zero-order valence-corrected chi connectivity index (χ0v) is 10.7. The van der Waals surface area contributed by atoms with E-state index in [9.17, 15) is 9.59 Å². The van der Waals surface area contributed by atoms with Crippen molar-refractivity contribution in [3.63, 3.8) is 0 Å². The highest BCUT2D eigenvalue weighted by Crippen LogP contribution is 2.19. The van der Waals surface area contributed by atoms with Crippen LogP contribution in [-0.2, 0) is 9.53 Å². The summed E-state index contributed by atoms with van der Waals surface area (Å²) in [5.41, 5.74) is -0.374. The summed E-state index contributed by atoms with van der Waals surface area (Å²) in [5.74, 6) is -0.200. The Morgan fingerprint density at radius 1 is 1.65 bits per heavy atom. The van der Waals surface area contributed by atoms with Gasteiger partial charge in [0.15, 0.2) is 5.16 Å². The van der Waals surface area contributed by atoms with Crippen LogP contribution in [0.25, 0.3) is 0 Å². The van der Waals surface area contributed by atoms with Crippen LogP contribution in [0.1, 0.15) is 13.8 Å². The second kappa shape index (κ2) is 6.29. The minimum Gasteiger partial charge on any atom is -0.490 e. The van der Waals surface area contributed by atoms with Gasteiger partial charge in [-0.3, -0.25) is 14.6 Å². The first kappa shape index (κ1) is 13.6. The van der Waals surface area contributed by atoms with Gasteiger partial charge in [-0.25, -0.2) is 4.98 Å². The van der Waals surface area contributed by atoms with E-state index in [-0.39, 0.29) is 17.3 Å². The van der Waals surface area contributed by atoms with Gasteiger partial charge in [-0.15, -0.1) is 0 Å². The fraction of sp³-hybridized carbons (Fsp3) is 0.500. The number of hydrogen-bond donors (Lipinski definition) is 1. The molecule has 94 valence electrons. The summed E-state index contributed by atoms with van der Waals surface area (Å²) < 4.78 is 9.63. The molecular weight excluding hydrogens is 244 g/mol. The van der Waals surface area contributed by atoms with Crippen LogP contribution in [0.3, 0.4) is 0 Å². The number of rotatable bonds is 5. The van der Waals surface area contributed by atoms with Gasteiger partial charge < -0.3 is 9.47 Å². The van der Waals surface area contributed by atoms with Crippen LogP contribution < -0.4 is 10.3 Å². The molecule has 1 aromatic heterocycles. The number of aromatic amines is 1. The maximum atomic E-state index is 11.4. The minimum atomic E-state index is -0.425. The molecule has 0 fully saturated rings. The van der Waals surface area contributed by atoms with E-state index in [4.69, 9.17) is 9.47 Å². The summed E-state index contributed by atoms with van der Waals surface area (Å²) in [7, 11) is 1.39. The lowest BCUT2D eigenvalue weighted by molar-refractivity contribution is -0.142. The molecule has 0 saturated heterocycles. The molecule has 0 radical (unpaired) electrons. The Labute approximate surface area is 103 Å². The molecule has 0 unspecified atom stereocenters. The third-order valence-electron chi connectivity index (χ3n) is 1.87. The number of aromatic nitrogens is 2. The van der Waals surface area contributed by atoms with E-state index < -0.39 is 5.25 Å². The molecule has 0 aromatic carbocycles. The van der Waals surface area contributed by atoms with Crippen LogP contribution in [-0.4, -0.2) is 34.9 Å². The third-order valence-corrected chi connectivity index (χ3v) is 2.85. The lowest BCUT2D eigenvalue weighted by atomic mass is 10.5. The van der Waals surface area contributed by atoms with Crippen LogP contribution in [0.2, 0.25) is 0 Å². The summed E-state index contributed by atoms with van der Waals surface area (Å²) >= 11 is 1.13. The molecule has 17 heavy (non-hydrogen) atoms. The van der Waals surface area contributed by atoms with Gasteiger partial charge in [-0.05, 0) is 13.8 Å². The van der Waals surface area contributed by atoms with Gasteiger partial charge in [-0.2, -0.15) is 0 Å². The van der Waals surface area contributed by atoms with Crippen molar-refractivity contribution in [2.24, 2.45) is 0 Å². The van der Waals surface area contributed by atoms with Gasteiger partial charge in [0.25, 0.3) is 5.56 Å². The van der Waals surface area contributed by atoms with E-state index >= 15 is 0 Å². The van der Waals surface area contributed by atoms with Gasteiger partial charge in [-0.1, -0.05) is 11.8 Å². The fourth-order valence-electron chi connectivity index (χ4n) is 1.05. The molecule has 0 spiro atoms. The molecule has 0 aliphatic rings. The predicted molar refractivity (Wildman–Crippen MR) is 63.4 cm³/mol. The lowest BCUT2D eigenvalue weighted by Crippen LogP contribution is -2.18. The maximum Gasteiger partial charge on any atom is 0.319 e. The first-order valence-corrected chi connectivity index (χ1v) is 5.93. The average molecular weight is 258 g/mol. The van der Waals surface area contributed by atoms with Crippen molar-refractivity contribution in [2.45, 2.75) is 24.3 Å². The fourth-order valence-corrected chi connectivity index (χ4v) is 1.81. The molecule has 0 aliphatic heterocycles. The highest BCUT2D eigenvalue weighted by molar-refractivity contribution is 8.00. The van der Waals surface area contributed by atoms with Gasteiger partial charge in [0, 0.05) is 0 Å². The molecule has 6 nitrogen and oxygen atoms in total. The van der Waals surface area contributed by atoms with Crippen molar-refractivity contribution in [3.05, 3.63) is 16.6 Å². The molecule has 1 N–H and O–H groups in total. The van der Waals surface area contributed by atoms with E-state index in [0.29, 0.717) is 11.8 Å². The molecule has 7 heteroatoms. The number of nitrogens with zero attached hydrogens (tertiary/aromatic N) is 1. The molecule has 0 amide bonds. The first-order valence-electron chi connectivity index (χ1n) is 5.05. The number of H-pyrrole nitrogens is 1. The van der Waals surface area contributed by atoms with Crippen LogP contribution in [0.5, 0.6) is 5.75 Å². The standard InChI is InChI=1S/C10H14N2O4S/c1-4-16-9(14)6(2)17-10-11-5-7(15-3)8(13)12-10/h5-6H,4H2,1-3H3,(H,11,12,13)/t6-/m0/s1. The second-order valence-electron chi connectivity index (χ2n) is 3.10. The number of nitrogens with one attached hydrogen (secondary N) is 1. The SMILES string of the molecule is CCOC(=O)[C@H](C)Sc1ncc(OC)c(=O)[nH]1. The van der Waals surface area contributed by atoms with Gasteiger partial charge in [0.1, 0.15) is 5.25 Å². The summed E-state index contributed by atoms with van der Waals surface area (Å²) in [4.78, 5) is 29.3. The highest BCUT2D eigenvalue weighted by atomic mass is 32.2. The largest absolute Gasteiger partial charge is 0.490 e. The Kier molecular flexibility index (Phi) is 5.02. The Hall–Kier alpha value is -1.50. The number of esters is 1. The maximum absolute atomic E-state index is 11.4. The van der Waals surface area contributed by atoms with E-state index in [1.807, 2.05) is 0 Å². The van der Waals surface area contributed by atoms with E-state index in [1.54, 1.807) is 13.8 Å². The topological polar surface area (TPSA) is 81.3 Å². The van der Waals surface area contributed by atoms with E-state index in [2.05, 4.69) is 9.97 Å². The zero-order chi connectivity index (χ0) is 12.8. The summed E-state index contributed by atoms with van der Waals surface area (Å²) in [6, 6.07) is 0. The third kappa shape index (κ3) is 3.77. The molecule has 0 aliphatic carbocycles. The molecule has 1 rings (SSSR count). The molecule has 0 bridgehead atoms. The molecular formula is C10H14N2O4S. The highest BCUT2D eigenvalue weighted by Gasteiger charge is 2.17. The van der Waals surface area contributed by atoms with Gasteiger partial charge in [0.05, 0.1) is 19.9 Å². The van der Waals surface area contributed by atoms with Crippen molar-refractivity contribution >= 4 is 17.7 Å². The number of ether oxygens (including phenoxy) is 2. The first-order chi connectivity index (χ1) is 8.08. The summed E-state index contributed by atoms with van der Waals surface area (Å²) in [6.45, 7) is 3.76. The summed E-state index contributed by atoms with van der Waals surface area (Å²) in [6.07, 6.45) is 1.32. The molecule has 1 heterocycles. The van der Waals surface area contributed by atoms with Crippen LogP contribution in [0.4, 0.5) is 0 Å². The second-order valence-corrected chi connectivity index (χ2v) is 4.43. The van der Waals surface area contributed by atoms with Crippen molar-refractivity contribution in [1.29, 1.82) is 0 Å². The number of hydrogen-bond acceptors (Lipinski definition) is 6. The average Bonchev–Trinajstić information content (AvgIpc) is 2.29. The number of methoxy groups -OCH3 is 1. The predicted octanol–water partition coefficient (Wildman–Crippen LogP) is 0.822. The Balaban J connectivity index is 2.72. The van der Waals surface area contributed by atoms with Crippen LogP contribution >= 0.6 is 11.8 Å². The molecule has 1 atom stereocenters. The van der Waals surface area contributed by atoms with Crippen molar-refractivity contribution in [3.8, 4) is 5.75 Å². The summed E-state index contributed by atoms with van der Waals surface area (Å²) in [5, 5.41) is -0.0668. The minimum absolute atomic E-state index is 0.137. The van der Waals surface area contributed by atoms with Crippen molar-refractivity contribution in [2.75, 3.05) is 13.7 Å². The monoisotopic (exact) mass is 258 g/mol. The van der Waals surface area contributed by atoms with E-state index in [1.165, 1.54) is 13.3 Å². The van der Waals surface area contributed by atoms with Gasteiger partial charge >= 0.3 is 5.97 Å². The van der Waals surface area contributed by atoms with Crippen molar-refractivity contribution in [1.82, 2.24) is 9.97 Å². The Morgan fingerprint density at radius 3 is 2.88 bits per heavy atom. The number of carbonyl (C=O) groups excluding carboxylic acids is 1. The smallest absolute Gasteiger partial charge is 0.319 e. The van der Waals surface area contributed by atoms with Crippen molar-refractivity contribution < 1.29 is 14.3 Å².